The monoisotopic (exact) mass is 353 g/mol. The quantitative estimate of drug-likeness (QED) is 0.376. The van der Waals surface area contributed by atoms with E-state index in [9.17, 15) is 19.6 Å². The summed E-state index contributed by atoms with van der Waals surface area (Å²) in [6, 6.07) is 6.88. The number of allylic oxidation sites excluding steroid dienone is 3. The maximum Gasteiger partial charge on any atom is 0.427 e. The van der Waals surface area contributed by atoms with Crippen LogP contribution in [0.25, 0.3) is 0 Å². The average molecular weight is 353 g/mol. The molecular weight excluding hydrogens is 333 g/mol. The van der Waals surface area contributed by atoms with Crippen molar-refractivity contribution in [1.29, 1.82) is 0 Å². The number of hydrogen-bond acceptors (Lipinski definition) is 4. The van der Waals surface area contributed by atoms with Gasteiger partial charge in [-0.3, -0.25) is 9.88 Å². The summed E-state index contributed by atoms with van der Waals surface area (Å²) >= 11 is 0. The lowest BCUT2D eigenvalue weighted by Gasteiger charge is -2.20. The number of hydrogen-bond donors (Lipinski definition) is 5. The molecule has 0 aliphatic heterocycles. The number of aryl methyl sites for hydroxylation is 1. The van der Waals surface area contributed by atoms with Crippen LogP contribution >= 0.6 is 7.75 Å². The minimum atomic E-state index is -4.54. The summed E-state index contributed by atoms with van der Waals surface area (Å²) in [5.41, 5.74) is 1.51. The number of aliphatic hydroxyl groups excluding tert-OH is 1. The minimum absolute atomic E-state index is 0.0815. The van der Waals surface area contributed by atoms with E-state index in [4.69, 9.17) is 9.79 Å². The Balaban J connectivity index is 1.97. The van der Waals surface area contributed by atoms with Gasteiger partial charge in [-0.2, -0.15) is 0 Å². The molecule has 0 unspecified atom stereocenters. The number of phenols is 1. The summed E-state index contributed by atoms with van der Waals surface area (Å²) in [5.74, 6) is -0.442. The van der Waals surface area contributed by atoms with Crippen molar-refractivity contribution in [2.24, 2.45) is 0 Å². The van der Waals surface area contributed by atoms with E-state index in [2.05, 4.69) is 0 Å². The smallest absolute Gasteiger partial charge is 0.427 e. The largest absolute Gasteiger partial charge is 0.508 e. The third kappa shape index (κ3) is 5.53. The summed E-state index contributed by atoms with van der Waals surface area (Å²) in [6.07, 6.45) is 3.56. The molecule has 0 saturated carbocycles. The van der Waals surface area contributed by atoms with Gasteiger partial charge in [-0.15, -0.1) is 0 Å². The summed E-state index contributed by atoms with van der Waals surface area (Å²) in [7, 11) is -4.54. The van der Waals surface area contributed by atoms with E-state index in [0.717, 1.165) is 24.5 Å². The number of ketones is 1. The molecule has 0 amide bonds. The SMILES string of the molecule is O=C1C=C(O)C(CCCCc2ccc(O)cc2)=C(NP(=O)(O)O)C1. The second-order valence-electron chi connectivity index (χ2n) is 5.66. The van der Waals surface area contributed by atoms with Gasteiger partial charge in [0.25, 0.3) is 0 Å². The van der Waals surface area contributed by atoms with E-state index in [1.165, 1.54) is 0 Å². The van der Waals surface area contributed by atoms with Crippen molar-refractivity contribution in [1.82, 2.24) is 5.09 Å². The number of phenolic OH excluding ortho intramolecular Hbond substituents is 1. The van der Waals surface area contributed by atoms with Gasteiger partial charge in [0, 0.05) is 17.3 Å². The fraction of sp³-hybridized carbons (Fsp3) is 0.312. The molecule has 0 aromatic heterocycles. The fourth-order valence-electron chi connectivity index (χ4n) is 2.58. The lowest BCUT2D eigenvalue weighted by atomic mass is 9.95. The zero-order chi connectivity index (χ0) is 17.7. The predicted molar refractivity (Wildman–Crippen MR) is 88.2 cm³/mol. The summed E-state index contributed by atoms with van der Waals surface area (Å²) in [6.45, 7) is 0. The van der Waals surface area contributed by atoms with Crippen LogP contribution in [0.3, 0.4) is 0 Å². The van der Waals surface area contributed by atoms with Gasteiger partial charge >= 0.3 is 7.75 Å². The molecule has 0 saturated heterocycles. The molecule has 0 bridgehead atoms. The maximum atomic E-state index is 11.5. The van der Waals surface area contributed by atoms with Gasteiger partial charge in [0.2, 0.25) is 0 Å². The number of unbranched alkanes of at least 4 members (excludes halogenated alkanes) is 1. The van der Waals surface area contributed by atoms with Crippen LogP contribution in [0.15, 0.2) is 47.4 Å². The highest BCUT2D eigenvalue weighted by atomic mass is 31.2. The highest BCUT2D eigenvalue weighted by molar-refractivity contribution is 7.49. The molecule has 1 aliphatic rings. The first kappa shape index (κ1) is 18.3. The Morgan fingerprint density at radius 2 is 1.67 bits per heavy atom. The Morgan fingerprint density at radius 1 is 1.04 bits per heavy atom. The molecule has 130 valence electrons. The number of aliphatic hydroxyl groups is 1. The molecular formula is C16H20NO6P. The lowest BCUT2D eigenvalue weighted by molar-refractivity contribution is -0.114. The standard InChI is InChI=1S/C16H20NO6P/c18-12-7-5-11(6-8-12)3-1-2-4-14-15(17-24(21,22)23)9-13(19)10-16(14)20/h5-8,10,18,20H,1-4,9H2,(H3,17,21,22,23). The zero-order valence-corrected chi connectivity index (χ0v) is 13.9. The molecule has 24 heavy (non-hydrogen) atoms. The summed E-state index contributed by atoms with van der Waals surface area (Å²) in [4.78, 5) is 29.5. The van der Waals surface area contributed by atoms with Crippen molar-refractivity contribution in [3.8, 4) is 5.75 Å². The topological polar surface area (TPSA) is 127 Å². The van der Waals surface area contributed by atoms with Gasteiger partial charge in [0.1, 0.15) is 11.5 Å². The van der Waals surface area contributed by atoms with E-state index < -0.39 is 13.5 Å². The molecule has 8 heteroatoms. The molecule has 1 aliphatic carbocycles. The number of carbonyl (C=O) groups excluding carboxylic acids is 1. The second kappa shape index (κ2) is 7.66. The van der Waals surface area contributed by atoms with Gasteiger partial charge < -0.3 is 20.0 Å². The van der Waals surface area contributed by atoms with E-state index in [-0.39, 0.29) is 23.6 Å². The summed E-state index contributed by atoms with van der Waals surface area (Å²) in [5, 5.41) is 21.2. The minimum Gasteiger partial charge on any atom is -0.508 e. The molecule has 0 fully saturated rings. The first-order valence-corrected chi connectivity index (χ1v) is 9.13. The number of rotatable bonds is 7. The van der Waals surface area contributed by atoms with E-state index >= 15 is 0 Å². The number of aromatic hydroxyl groups is 1. The van der Waals surface area contributed by atoms with Crippen LogP contribution in [0.2, 0.25) is 0 Å². The summed E-state index contributed by atoms with van der Waals surface area (Å²) < 4.78 is 11.1. The maximum absolute atomic E-state index is 11.5. The molecule has 0 spiro atoms. The van der Waals surface area contributed by atoms with Crippen LogP contribution in [0.5, 0.6) is 5.75 Å². The fourth-order valence-corrected chi connectivity index (χ4v) is 3.15. The average Bonchev–Trinajstić information content (AvgIpc) is 2.45. The number of carbonyl (C=O) groups is 1. The normalized spacial score (nSPS) is 15.4. The molecule has 0 heterocycles. The van der Waals surface area contributed by atoms with Crippen LogP contribution in [0.1, 0.15) is 31.2 Å². The Hall–Kier alpha value is -2.08. The van der Waals surface area contributed by atoms with Crippen molar-refractivity contribution < 1.29 is 29.4 Å². The van der Waals surface area contributed by atoms with Crippen LogP contribution in [0.4, 0.5) is 0 Å². The molecule has 7 nitrogen and oxygen atoms in total. The third-order valence-electron chi connectivity index (χ3n) is 3.68. The van der Waals surface area contributed by atoms with Gasteiger partial charge in [0.15, 0.2) is 5.78 Å². The van der Waals surface area contributed by atoms with E-state index in [0.29, 0.717) is 18.4 Å². The van der Waals surface area contributed by atoms with Crippen LogP contribution < -0.4 is 5.09 Å². The zero-order valence-electron chi connectivity index (χ0n) is 13.0. The highest BCUT2D eigenvalue weighted by Crippen LogP contribution is 2.35. The highest BCUT2D eigenvalue weighted by Gasteiger charge is 2.24. The molecule has 0 radical (unpaired) electrons. The molecule has 5 N–H and O–H groups in total. The lowest BCUT2D eigenvalue weighted by Crippen LogP contribution is -2.19. The van der Waals surface area contributed by atoms with Crippen molar-refractivity contribution >= 4 is 13.5 Å². The Bertz CT molecular complexity index is 717. The van der Waals surface area contributed by atoms with Crippen molar-refractivity contribution in [2.75, 3.05) is 0 Å². The van der Waals surface area contributed by atoms with Crippen LogP contribution in [-0.2, 0) is 15.8 Å². The van der Waals surface area contributed by atoms with Crippen molar-refractivity contribution in [3.63, 3.8) is 0 Å². The van der Waals surface area contributed by atoms with Crippen LogP contribution in [-0.4, -0.2) is 25.8 Å². The Labute approximate surface area is 139 Å². The van der Waals surface area contributed by atoms with Crippen molar-refractivity contribution in [3.05, 3.63) is 52.9 Å². The first-order valence-electron chi connectivity index (χ1n) is 7.52. The Kier molecular flexibility index (Phi) is 5.83. The predicted octanol–water partition coefficient (Wildman–Crippen LogP) is 2.46. The Morgan fingerprint density at radius 3 is 2.29 bits per heavy atom. The second-order valence-corrected chi connectivity index (χ2v) is 6.97. The van der Waals surface area contributed by atoms with Crippen LogP contribution in [0, 0.1) is 0 Å². The van der Waals surface area contributed by atoms with Gasteiger partial charge in [-0.1, -0.05) is 12.1 Å². The van der Waals surface area contributed by atoms with Crippen molar-refractivity contribution in [2.45, 2.75) is 32.1 Å². The van der Waals surface area contributed by atoms with Gasteiger partial charge in [-0.05, 0) is 43.4 Å². The molecule has 1 aromatic carbocycles. The molecule has 0 atom stereocenters. The third-order valence-corrected chi connectivity index (χ3v) is 4.24. The number of benzene rings is 1. The van der Waals surface area contributed by atoms with Gasteiger partial charge in [-0.25, -0.2) is 4.57 Å². The molecule has 1 aromatic rings. The van der Waals surface area contributed by atoms with E-state index in [1.807, 2.05) is 17.2 Å². The first-order chi connectivity index (χ1) is 11.2. The van der Waals surface area contributed by atoms with E-state index in [1.54, 1.807) is 12.1 Å². The van der Waals surface area contributed by atoms with Gasteiger partial charge in [0.05, 0.1) is 6.42 Å². The molecule has 2 rings (SSSR count). The number of nitrogens with one attached hydrogen (secondary N) is 1.